The number of amides is 2. The van der Waals surface area contributed by atoms with E-state index in [0.29, 0.717) is 0 Å². The Morgan fingerprint density at radius 3 is 2.57 bits per heavy atom. The van der Waals surface area contributed by atoms with Crippen molar-refractivity contribution in [2.24, 2.45) is 5.73 Å². The van der Waals surface area contributed by atoms with Gasteiger partial charge >= 0.3 is 0 Å². The van der Waals surface area contributed by atoms with Crippen molar-refractivity contribution in [3.05, 3.63) is 57.9 Å². The Bertz CT molecular complexity index is 773. The maximum atomic E-state index is 12.2. The zero-order valence-corrected chi connectivity index (χ0v) is 12.0. The van der Waals surface area contributed by atoms with Crippen LogP contribution >= 0.6 is 0 Å². The molecule has 0 atom stereocenters. The van der Waals surface area contributed by atoms with E-state index < -0.39 is 16.7 Å². The quantitative estimate of drug-likeness (QED) is 0.630. The maximum absolute atomic E-state index is 12.2. The molecule has 9 nitrogen and oxygen atoms in total. The van der Waals surface area contributed by atoms with E-state index in [9.17, 15) is 19.7 Å². The van der Waals surface area contributed by atoms with Gasteiger partial charge in [0, 0.05) is 18.3 Å². The Labute approximate surface area is 130 Å². The molecule has 23 heavy (non-hydrogen) atoms. The van der Waals surface area contributed by atoms with Crippen LogP contribution in [0.4, 0.5) is 11.4 Å². The van der Waals surface area contributed by atoms with Gasteiger partial charge in [-0.1, -0.05) is 0 Å². The van der Waals surface area contributed by atoms with Gasteiger partial charge < -0.3 is 15.8 Å². The number of nitrogens with one attached hydrogen (secondary N) is 1. The Hall–Kier alpha value is -3.49. The maximum Gasteiger partial charge on any atom is 0.271 e. The van der Waals surface area contributed by atoms with Gasteiger partial charge in [-0.3, -0.25) is 24.7 Å². The van der Waals surface area contributed by atoms with E-state index in [1.54, 1.807) is 0 Å². The standard InChI is InChI=1S/C14H12N4O5/c1-23-12-5-3-9(18(21)22)6-11(12)17-14(20)8-2-4-10(13(15)19)16-7-8/h2-7H,1H3,(H2,15,19)(H,17,20). The fourth-order valence-electron chi connectivity index (χ4n) is 1.78. The molecule has 9 heteroatoms. The molecule has 118 valence electrons. The molecule has 0 unspecified atom stereocenters. The summed E-state index contributed by atoms with van der Waals surface area (Å²) < 4.78 is 5.05. The molecule has 1 heterocycles. The SMILES string of the molecule is COc1ccc([N+](=O)[O-])cc1NC(=O)c1ccc(C(N)=O)nc1. The highest BCUT2D eigenvalue weighted by Gasteiger charge is 2.15. The largest absolute Gasteiger partial charge is 0.495 e. The van der Waals surface area contributed by atoms with E-state index in [0.717, 1.165) is 0 Å². The number of hydrogen-bond donors (Lipinski definition) is 2. The Kier molecular flexibility index (Phi) is 4.50. The van der Waals surface area contributed by atoms with Crippen molar-refractivity contribution >= 4 is 23.2 Å². The monoisotopic (exact) mass is 316 g/mol. The number of aromatic nitrogens is 1. The highest BCUT2D eigenvalue weighted by atomic mass is 16.6. The van der Waals surface area contributed by atoms with Crippen LogP contribution in [0.2, 0.25) is 0 Å². The minimum absolute atomic E-state index is 0.0227. The minimum atomic E-state index is -0.711. The highest BCUT2D eigenvalue weighted by molar-refractivity contribution is 6.05. The summed E-state index contributed by atoms with van der Waals surface area (Å²) in [6, 6.07) is 6.50. The van der Waals surface area contributed by atoms with Gasteiger partial charge in [0.15, 0.2) is 0 Å². The van der Waals surface area contributed by atoms with Gasteiger partial charge in [-0.2, -0.15) is 0 Å². The number of carbonyl (C=O) groups is 2. The first-order valence-electron chi connectivity index (χ1n) is 6.32. The molecular formula is C14H12N4O5. The number of nitrogens with zero attached hydrogens (tertiary/aromatic N) is 2. The van der Waals surface area contributed by atoms with Crippen molar-refractivity contribution in [2.45, 2.75) is 0 Å². The first-order valence-corrected chi connectivity index (χ1v) is 6.32. The molecule has 0 saturated carbocycles. The fourth-order valence-corrected chi connectivity index (χ4v) is 1.78. The topological polar surface area (TPSA) is 137 Å². The molecule has 0 spiro atoms. The van der Waals surface area contributed by atoms with Crippen LogP contribution in [-0.4, -0.2) is 28.8 Å². The van der Waals surface area contributed by atoms with Crippen LogP contribution in [0.5, 0.6) is 5.75 Å². The zero-order chi connectivity index (χ0) is 17.0. The summed E-state index contributed by atoms with van der Waals surface area (Å²) in [6.07, 6.45) is 1.18. The number of ether oxygens (including phenoxy) is 1. The first kappa shape index (κ1) is 15.9. The molecule has 0 fully saturated rings. The number of nitrogens with two attached hydrogens (primary N) is 1. The number of nitro groups is 1. The van der Waals surface area contributed by atoms with Crippen molar-refractivity contribution < 1.29 is 19.2 Å². The van der Waals surface area contributed by atoms with Gasteiger partial charge in [0.05, 0.1) is 23.3 Å². The third-order valence-electron chi connectivity index (χ3n) is 2.92. The molecule has 0 saturated heterocycles. The molecule has 0 aliphatic rings. The zero-order valence-electron chi connectivity index (χ0n) is 12.0. The fraction of sp³-hybridized carbons (Fsp3) is 0.0714. The summed E-state index contributed by atoms with van der Waals surface area (Å²) in [6.45, 7) is 0. The lowest BCUT2D eigenvalue weighted by molar-refractivity contribution is -0.384. The second kappa shape index (κ2) is 6.52. The summed E-state index contributed by atoms with van der Waals surface area (Å²) in [7, 11) is 1.38. The van der Waals surface area contributed by atoms with Crippen LogP contribution in [0.3, 0.4) is 0 Å². The van der Waals surface area contributed by atoms with Crippen LogP contribution in [0.1, 0.15) is 20.8 Å². The van der Waals surface area contributed by atoms with Gasteiger partial charge in [-0.05, 0) is 18.2 Å². The van der Waals surface area contributed by atoms with E-state index >= 15 is 0 Å². The molecule has 3 N–H and O–H groups in total. The molecule has 0 aliphatic carbocycles. The predicted octanol–water partition coefficient (Wildman–Crippen LogP) is 1.35. The molecule has 2 aromatic rings. The number of primary amides is 1. The van der Waals surface area contributed by atoms with Crippen molar-refractivity contribution in [1.82, 2.24) is 4.98 Å². The van der Waals surface area contributed by atoms with E-state index in [1.165, 1.54) is 43.6 Å². The minimum Gasteiger partial charge on any atom is -0.495 e. The summed E-state index contributed by atoms with van der Waals surface area (Å²) in [5.74, 6) is -1.00. The normalized spacial score (nSPS) is 9.96. The molecule has 0 aliphatic heterocycles. The van der Waals surface area contributed by atoms with E-state index in [4.69, 9.17) is 10.5 Å². The first-order chi connectivity index (χ1) is 10.9. The lowest BCUT2D eigenvalue weighted by Crippen LogP contribution is -2.16. The third kappa shape index (κ3) is 3.59. The van der Waals surface area contributed by atoms with Crippen molar-refractivity contribution in [1.29, 1.82) is 0 Å². The number of nitro benzene ring substituents is 1. The van der Waals surface area contributed by atoms with E-state index in [-0.39, 0.29) is 28.4 Å². The second-order valence-electron chi connectivity index (χ2n) is 4.39. The predicted molar refractivity (Wildman–Crippen MR) is 80.4 cm³/mol. The summed E-state index contributed by atoms with van der Waals surface area (Å²) >= 11 is 0. The summed E-state index contributed by atoms with van der Waals surface area (Å²) in [5, 5.41) is 13.3. The average Bonchev–Trinajstić information content (AvgIpc) is 2.54. The van der Waals surface area contributed by atoms with Crippen LogP contribution < -0.4 is 15.8 Å². The van der Waals surface area contributed by atoms with Gasteiger partial charge in [0.2, 0.25) is 0 Å². The summed E-state index contributed by atoms with van der Waals surface area (Å²) in [4.78, 5) is 37.1. The van der Waals surface area contributed by atoms with Crippen molar-refractivity contribution in [3.63, 3.8) is 0 Å². The number of pyridine rings is 1. The third-order valence-corrected chi connectivity index (χ3v) is 2.92. The average molecular weight is 316 g/mol. The molecule has 2 amide bonds. The Balaban J connectivity index is 2.26. The Morgan fingerprint density at radius 2 is 2.04 bits per heavy atom. The number of anilines is 1. The lowest BCUT2D eigenvalue weighted by atomic mass is 10.2. The van der Waals surface area contributed by atoms with Crippen LogP contribution in [0, 0.1) is 10.1 Å². The number of non-ortho nitro benzene ring substituents is 1. The molecule has 0 radical (unpaired) electrons. The Morgan fingerprint density at radius 1 is 1.30 bits per heavy atom. The van der Waals surface area contributed by atoms with Crippen LogP contribution in [-0.2, 0) is 0 Å². The van der Waals surface area contributed by atoms with Crippen LogP contribution in [0.25, 0.3) is 0 Å². The van der Waals surface area contributed by atoms with Gasteiger partial charge in [-0.15, -0.1) is 0 Å². The van der Waals surface area contributed by atoms with Gasteiger partial charge in [0.1, 0.15) is 11.4 Å². The van der Waals surface area contributed by atoms with Crippen LogP contribution in [0.15, 0.2) is 36.5 Å². The molecular weight excluding hydrogens is 304 g/mol. The van der Waals surface area contributed by atoms with E-state index in [2.05, 4.69) is 10.3 Å². The van der Waals surface area contributed by atoms with Gasteiger partial charge in [0.25, 0.3) is 17.5 Å². The number of methoxy groups -OCH3 is 1. The smallest absolute Gasteiger partial charge is 0.271 e. The lowest BCUT2D eigenvalue weighted by Gasteiger charge is -2.10. The van der Waals surface area contributed by atoms with Gasteiger partial charge in [-0.25, -0.2) is 0 Å². The number of benzene rings is 1. The second-order valence-corrected chi connectivity index (χ2v) is 4.39. The number of rotatable bonds is 5. The van der Waals surface area contributed by atoms with Crippen molar-refractivity contribution in [3.8, 4) is 5.75 Å². The number of hydrogen-bond acceptors (Lipinski definition) is 6. The molecule has 2 rings (SSSR count). The van der Waals surface area contributed by atoms with Crippen molar-refractivity contribution in [2.75, 3.05) is 12.4 Å². The number of carbonyl (C=O) groups excluding carboxylic acids is 2. The van der Waals surface area contributed by atoms with E-state index in [1.807, 2.05) is 0 Å². The molecule has 1 aromatic carbocycles. The molecule has 0 bridgehead atoms. The summed E-state index contributed by atoms with van der Waals surface area (Å²) in [5.41, 5.74) is 5.20. The molecule has 1 aromatic heterocycles. The highest BCUT2D eigenvalue weighted by Crippen LogP contribution is 2.29.